The lowest BCUT2D eigenvalue weighted by molar-refractivity contribution is -0.150. The molecular formula is C15H20BrFN2O2. The van der Waals surface area contributed by atoms with Crippen molar-refractivity contribution >= 4 is 21.9 Å². The first-order valence-corrected chi connectivity index (χ1v) is 7.99. The fraction of sp³-hybridized carbons (Fsp3) is 0.533. The summed E-state index contributed by atoms with van der Waals surface area (Å²) >= 11 is 3.34. The topological polar surface area (TPSA) is 41.6 Å². The Bertz CT molecular complexity index is 491. The van der Waals surface area contributed by atoms with Crippen molar-refractivity contribution in [1.29, 1.82) is 0 Å². The summed E-state index contributed by atoms with van der Waals surface area (Å²) in [5.74, 6) is -0.773. The number of nitrogens with zero attached hydrogens (tertiary/aromatic N) is 1. The van der Waals surface area contributed by atoms with Crippen LogP contribution in [0.3, 0.4) is 0 Å². The Labute approximate surface area is 132 Å². The average Bonchev–Trinajstić information content (AvgIpc) is 2.72. The van der Waals surface area contributed by atoms with Gasteiger partial charge in [0.25, 0.3) is 0 Å². The molecule has 2 rings (SSSR count). The van der Waals surface area contributed by atoms with Gasteiger partial charge in [-0.3, -0.25) is 4.90 Å². The molecule has 1 fully saturated rings. The zero-order chi connectivity index (χ0) is 15.2. The van der Waals surface area contributed by atoms with Gasteiger partial charge in [0.05, 0.1) is 6.61 Å². The quantitative estimate of drug-likeness (QED) is 0.839. The SMILES string of the molecule is CCOC(=O)C(c1cc(Br)ccc1F)N1CCCNCC1. The zero-order valence-corrected chi connectivity index (χ0v) is 13.7. The molecule has 0 radical (unpaired) electrons. The molecule has 0 aliphatic carbocycles. The monoisotopic (exact) mass is 358 g/mol. The molecule has 1 aliphatic heterocycles. The third-order valence-electron chi connectivity index (χ3n) is 3.50. The van der Waals surface area contributed by atoms with Crippen LogP contribution in [0.15, 0.2) is 22.7 Å². The Hall–Kier alpha value is -0.980. The van der Waals surface area contributed by atoms with Gasteiger partial charge in [-0.25, -0.2) is 9.18 Å². The van der Waals surface area contributed by atoms with E-state index in [1.54, 1.807) is 19.1 Å². The molecule has 1 aliphatic rings. The molecule has 1 N–H and O–H groups in total. The summed E-state index contributed by atoms with van der Waals surface area (Å²) in [6.45, 7) is 5.17. The van der Waals surface area contributed by atoms with E-state index in [9.17, 15) is 9.18 Å². The predicted octanol–water partition coefficient (Wildman–Crippen LogP) is 2.49. The molecule has 1 unspecified atom stereocenters. The molecule has 1 aromatic carbocycles. The molecule has 0 spiro atoms. The van der Waals surface area contributed by atoms with Crippen molar-refractivity contribution in [1.82, 2.24) is 10.2 Å². The van der Waals surface area contributed by atoms with E-state index in [1.165, 1.54) is 6.07 Å². The molecule has 0 aromatic heterocycles. The average molecular weight is 359 g/mol. The molecule has 0 bridgehead atoms. The number of ether oxygens (including phenoxy) is 1. The van der Waals surface area contributed by atoms with E-state index >= 15 is 0 Å². The Morgan fingerprint density at radius 2 is 2.29 bits per heavy atom. The van der Waals surface area contributed by atoms with Gasteiger partial charge in [0.2, 0.25) is 0 Å². The van der Waals surface area contributed by atoms with Gasteiger partial charge in [-0.2, -0.15) is 0 Å². The molecule has 116 valence electrons. The fourth-order valence-electron chi connectivity index (χ4n) is 2.54. The van der Waals surface area contributed by atoms with Crippen LogP contribution in [0.4, 0.5) is 4.39 Å². The molecule has 0 amide bonds. The Kier molecular flexibility index (Phi) is 6.14. The number of carbonyl (C=O) groups excluding carboxylic acids is 1. The second kappa shape index (κ2) is 7.87. The molecular weight excluding hydrogens is 339 g/mol. The van der Waals surface area contributed by atoms with E-state index in [4.69, 9.17) is 4.74 Å². The first-order chi connectivity index (χ1) is 10.1. The molecule has 1 atom stereocenters. The van der Waals surface area contributed by atoms with Gasteiger partial charge in [-0.15, -0.1) is 0 Å². The highest BCUT2D eigenvalue weighted by Gasteiger charge is 2.31. The molecule has 6 heteroatoms. The summed E-state index contributed by atoms with van der Waals surface area (Å²) in [6, 6.07) is 3.98. The van der Waals surface area contributed by atoms with Crippen LogP contribution in [-0.4, -0.2) is 43.7 Å². The van der Waals surface area contributed by atoms with Gasteiger partial charge in [-0.1, -0.05) is 15.9 Å². The molecule has 4 nitrogen and oxygen atoms in total. The lowest BCUT2D eigenvalue weighted by atomic mass is 10.0. The van der Waals surface area contributed by atoms with Crippen LogP contribution in [0, 0.1) is 5.82 Å². The minimum Gasteiger partial charge on any atom is -0.465 e. The highest BCUT2D eigenvalue weighted by molar-refractivity contribution is 9.10. The standard InChI is InChI=1S/C15H20BrFN2O2/c1-2-21-15(20)14(19-8-3-6-18-7-9-19)12-10-11(16)4-5-13(12)17/h4-5,10,14,18H,2-3,6-9H2,1H3. The zero-order valence-electron chi connectivity index (χ0n) is 12.1. The lowest BCUT2D eigenvalue weighted by Crippen LogP contribution is -2.38. The van der Waals surface area contributed by atoms with Gasteiger partial charge >= 0.3 is 5.97 Å². The van der Waals surface area contributed by atoms with Crippen LogP contribution in [0.1, 0.15) is 24.9 Å². The normalized spacial score (nSPS) is 18.0. The first-order valence-electron chi connectivity index (χ1n) is 7.20. The number of halogens is 2. The highest BCUT2D eigenvalue weighted by atomic mass is 79.9. The predicted molar refractivity (Wildman–Crippen MR) is 82.5 cm³/mol. The first kappa shape index (κ1) is 16.4. The third-order valence-corrected chi connectivity index (χ3v) is 4.00. The summed E-state index contributed by atoms with van der Waals surface area (Å²) in [5, 5.41) is 3.28. The maximum Gasteiger partial charge on any atom is 0.328 e. The van der Waals surface area contributed by atoms with Gasteiger partial charge in [0.15, 0.2) is 0 Å². The number of rotatable bonds is 4. The maximum absolute atomic E-state index is 14.2. The minimum absolute atomic E-state index is 0.289. The molecule has 1 aromatic rings. The smallest absolute Gasteiger partial charge is 0.328 e. The molecule has 21 heavy (non-hydrogen) atoms. The Balaban J connectivity index is 2.34. The fourth-order valence-corrected chi connectivity index (χ4v) is 2.92. The van der Waals surface area contributed by atoms with E-state index in [-0.39, 0.29) is 12.4 Å². The molecule has 1 saturated heterocycles. The number of hydrogen-bond donors (Lipinski definition) is 1. The van der Waals surface area contributed by atoms with Crippen LogP contribution >= 0.6 is 15.9 Å². The van der Waals surface area contributed by atoms with Crippen LogP contribution in [0.25, 0.3) is 0 Å². The van der Waals surface area contributed by atoms with E-state index in [2.05, 4.69) is 21.2 Å². The summed E-state index contributed by atoms with van der Waals surface area (Å²) in [6.07, 6.45) is 0.922. The van der Waals surface area contributed by atoms with Gasteiger partial charge in [0, 0.05) is 29.7 Å². The Morgan fingerprint density at radius 1 is 1.48 bits per heavy atom. The second-order valence-corrected chi connectivity index (χ2v) is 5.88. The van der Waals surface area contributed by atoms with E-state index < -0.39 is 12.0 Å². The molecule has 1 heterocycles. The largest absolute Gasteiger partial charge is 0.465 e. The third kappa shape index (κ3) is 4.25. The number of hydrogen-bond acceptors (Lipinski definition) is 4. The van der Waals surface area contributed by atoms with E-state index in [0.717, 1.165) is 30.5 Å². The maximum atomic E-state index is 14.2. The van der Waals surface area contributed by atoms with E-state index in [1.807, 2.05) is 4.90 Å². The molecule has 0 saturated carbocycles. The van der Waals surface area contributed by atoms with Crippen molar-refractivity contribution in [3.8, 4) is 0 Å². The Morgan fingerprint density at radius 3 is 3.05 bits per heavy atom. The van der Waals surface area contributed by atoms with Gasteiger partial charge in [-0.05, 0) is 38.1 Å². The summed E-state index contributed by atoms with van der Waals surface area (Å²) in [5.41, 5.74) is 0.365. The van der Waals surface area contributed by atoms with Crippen LogP contribution < -0.4 is 5.32 Å². The summed E-state index contributed by atoms with van der Waals surface area (Å²) in [4.78, 5) is 14.3. The number of carbonyl (C=O) groups is 1. The van der Waals surface area contributed by atoms with Crippen molar-refractivity contribution in [3.05, 3.63) is 34.1 Å². The summed E-state index contributed by atoms with van der Waals surface area (Å²) < 4.78 is 20.1. The minimum atomic E-state index is -0.692. The van der Waals surface area contributed by atoms with Crippen molar-refractivity contribution in [3.63, 3.8) is 0 Å². The van der Waals surface area contributed by atoms with Crippen molar-refractivity contribution in [2.75, 3.05) is 32.8 Å². The van der Waals surface area contributed by atoms with Crippen molar-refractivity contribution in [2.24, 2.45) is 0 Å². The van der Waals surface area contributed by atoms with Crippen LogP contribution in [0.5, 0.6) is 0 Å². The number of esters is 1. The second-order valence-electron chi connectivity index (χ2n) is 4.96. The number of benzene rings is 1. The van der Waals surface area contributed by atoms with Gasteiger partial charge < -0.3 is 10.1 Å². The number of nitrogens with one attached hydrogen (secondary N) is 1. The summed E-state index contributed by atoms with van der Waals surface area (Å²) in [7, 11) is 0. The van der Waals surface area contributed by atoms with Crippen LogP contribution in [-0.2, 0) is 9.53 Å². The van der Waals surface area contributed by atoms with E-state index in [0.29, 0.717) is 12.1 Å². The van der Waals surface area contributed by atoms with Crippen molar-refractivity contribution < 1.29 is 13.9 Å². The lowest BCUT2D eigenvalue weighted by Gasteiger charge is -2.29. The highest BCUT2D eigenvalue weighted by Crippen LogP contribution is 2.28. The van der Waals surface area contributed by atoms with Crippen LogP contribution in [0.2, 0.25) is 0 Å². The van der Waals surface area contributed by atoms with Crippen molar-refractivity contribution in [2.45, 2.75) is 19.4 Å². The van der Waals surface area contributed by atoms with Gasteiger partial charge in [0.1, 0.15) is 11.9 Å².